The van der Waals surface area contributed by atoms with Gasteiger partial charge in [-0.1, -0.05) is 53.9 Å². The Balaban J connectivity index is 1.38. The van der Waals surface area contributed by atoms with Crippen molar-refractivity contribution in [3.63, 3.8) is 0 Å². The molecule has 4 rings (SSSR count). The minimum atomic E-state index is 0.0299. The Labute approximate surface area is 187 Å². The van der Waals surface area contributed by atoms with Gasteiger partial charge in [0.15, 0.2) is 9.50 Å². The van der Waals surface area contributed by atoms with Crippen LogP contribution in [0.5, 0.6) is 0 Å². The molecule has 0 spiro atoms. The van der Waals surface area contributed by atoms with Crippen LogP contribution in [0, 0.1) is 0 Å². The number of benzene rings is 2. The number of thiazole rings is 1. The van der Waals surface area contributed by atoms with Crippen molar-refractivity contribution in [3.8, 4) is 0 Å². The van der Waals surface area contributed by atoms with E-state index in [1.165, 1.54) is 16.5 Å². The smallest absolute Gasteiger partial charge is 0.237 e. The highest BCUT2D eigenvalue weighted by molar-refractivity contribution is 8.00. The average molecular weight is 456 g/mol. The van der Waals surface area contributed by atoms with Gasteiger partial charge in [0.1, 0.15) is 5.82 Å². The molecule has 6 nitrogen and oxygen atoms in total. The molecular formula is C21H21N5OS3. The summed E-state index contributed by atoms with van der Waals surface area (Å²) in [6.45, 7) is 2.82. The van der Waals surface area contributed by atoms with E-state index in [2.05, 4.69) is 32.7 Å². The van der Waals surface area contributed by atoms with Gasteiger partial charge in [-0.05, 0) is 31.2 Å². The summed E-state index contributed by atoms with van der Waals surface area (Å²) in [5.41, 5.74) is 1.91. The van der Waals surface area contributed by atoms with Crippen LogP contribution in [0.25, 0.3) is 10.2 Å². The van der Waals surface area contributed by atoms with Crippen molar-refractivity contribution < 1.29 is 4.79 Å². The van der Waals surface area contributed by atoms with Gasteiger partial charge >= 0.3 is 0 Å². The molecule has 0 unspecified atom stereocenters. The Morgan fingerprint density at radius 2 is 1.83 bits per heavy atom. The normalized spacial score (nSPS) is 11.1. The van der Waals surface area contributed by atoms with Crippen molar-refractivity contribution in [2.24, 2.45) is 0 Å². The topological polar surface area (TPSA) is 63.9 Å². The van der Waals surface area contributed by atoms with Crippen LogP contribution in [-0.2, 0) is 17.1 Å². The summed E-state index contributed by atoms with van der Waals surface area (Å²) >= 11 is 4.78. The molecule has 0 saturated carbocycles. The molecule has 0 bridgehead atoms. The van der Waals surface area contributed by atoms with Crippen LogP contribution in [0.4, 0.5) is 5.69 Å². The predicted molar refractivity (Wildman–Crippen MR) is 125 cm³/mol. The minimum Gasteiger partial charge on any atom is -0.315 e. The number of para-hydroxylation sites is 2. The lowest BCUT2D eigenvalue weighted by Gasteiger charge is -2.16. The molecule has 0 radical (unpaired) electrons. The summed E-state index contributed by atoms with van der Waals surface area (Å²) in [6, 6.07) is 17.8. The minimum absolute atomic E-state index is 0.0299. The standard InChI is InChI=1S/C21H21N5OS3/c1-3-26-18(13-29-21-22-16-11-7-8-12-17(16)30-21)23-24-20(26)28-14-19(27)25(2)15-9-5-4-6-10-15/h4-12H,3,13-14H2,1-2H3. The van der Waals surface area contributed by atoms with Gasteiger partial charge in [-0.3, -0.25) is 4.79 Å². The van der Waals surface area contributed by atoms with Crippen molar-refractivity contribution >= 4 is 56.7 Å². The molecular weight excluding hydrogens is 434 g/mol. The van der Waals surface area contributed by atoms with Gasteiger partial charge in [0.2, 0.25) is 5.91 Å². The van der Waals surface area contributed by atoms with Gasteiger partial charge < -0.3 is 9.47 Å². The second-order valence-electron chi connectivity index (χ2n) is 6.46. The number of aromatic nitrogens is 4. The first-order chi connectivity index (χ1) is 14.7. The Bertz CT molecular complexity index is 1110. The summed E-state index contributed by atoms with van der Waals surface area (Å²) in [5.74, 6) is 1.93. The number of hydrogen-bond acceptors (Lipinski definition) is 7. The second kappa shape index (κ2) is 9.63. The highest BCUT2D eigenvalue weighted by atomic mass is 32.2. The molecule has 4 aromatic rings. The van der Waals surface area contributed by atoms with E-state index in [4.69, 9.17) is 0 Å². The van der Waals surface area contributed by atoms with Crippen molar-refractivity contribution in [1.82, 2.24) is 19.7 Å². The number of nitrogens with zero attached hydrogens (tertiary/aromatic N) is 5. The van der Waals surface area contributed by atoms with Crippen molar-refractivity contribution in [3.05, 3.63) is 60.4 Å². The fraction of sp³-hybridized carbons (Fsp3) is 0.238. The number of hydrogen-bond donors (Lipinski definition) is 0. The molecule has 9 heteroatoms. The molecule has 0 saturated heterocycles. The molecule has 1 amide bonds. The van der Waals surface area contributed by atoms with Gasteiger partial charge in [-0.2, -0.15) is 0 Å². The maximum Gasteiger partial charge on any atom is 0.237 e. The van der Waals surface area contributed by atoms with E-state index in [1.807, 2.05) is 48.5 Å². The monoisotopic (exact) mass is 455 g/mol. The lowest BCUT2D eigenvalue weighted by molar-refractivity contribution is -0.115. The Kier molecular flexibility index (Phi) is 6.71. The number of thioether (sulfide) groups is 2. The Morgan fingerprint density at radius 1 is 1.07 bits per heavy atom. The van der Waals surface area contributed by atoms with Crippen LogP contribution in [0.3, 0.4) is 0 Å². The van der Waals surface area contributed by atoms with Crippen LogP contribution >= 0.6 is 34.9 Å². The molecule has 0 aliphatic rings. The number of anilines is 1. The average Bonchev–Trinajstić information content (AvgIpc) is 3.38. The fourth-order valence-corrected chi connectivity index (χ4v) is 5.85. The maximum atomic E-state index is 12.6. The lowest BCUT2D eigenvalue weighted by Crippen LogP contribution is -2.27. The molecule has 0 N–H and O–H groups in total. The molecule has 0 atom stereocenters. The van der Waals surface area contributed by atoms with Crippen molar-refractivity contribution in [2.45, 2.75) is 28.7 Å². The second-order valence-corrected chi connectivity index (χ2v) is 9.65. The van der Waals surface area contributed by atoms with Crippen molar-refractivity contribution in [2.75, 3.05) is 17.7 Å². The summed E-state index contributed by atoms with van der Waals surface area (Å²) in [4.78, 5) is 18.9. The van der Waals surface area contributed by atoms with Crippen LogP contribution in [0.15, 0.2) is 64.1 Å². The summed E-state index contributed by atoms with van der Waals surface area (Å²) < 4.78 is 4.28. The highest BCUT2D eigenvalue weighted by Crippen LogP contribution is 2.31. The van der Waals surface area contributed by atoms with E-state index in [1.54, 1.807) is 35.0 Å². The highest BCUT2D eigenvalue weighted by Gasteiger charge is 2.16. The molecule has 2 heterocycles. The van der Waals surface area contributed by atoms with E-state index >= 15 is 0 Å². The molecule has 30 heavy (non-hydrogen) atoms. The van der Waals surface area contributed by atoms with Crippen LogP contribution in [0.2, 0.25) is 0 Å². The van der Waals surface area contributed by atoms with Gasteiger partial charge in [0.25, 0.3) is 0 Å². The van der Waals surface area contributed by atoms with Crippen LogP contribution < -0.4 is 4.90 Å². The fourth-order valence-electron chi connectivity index (χ4n) is 2.91. The van der Waals surface area contributed by atoms with Crippen molar-refractivity contribution in [1.29, 1.82) is 0 Å². The van der Waals surface area contributed by atoms with E-state index in [0.29, 0.717) is 11.5 Å². The number of amides is 1. The summed E-state index contributed by atoms with van der Waals surface area (Å²) in [5, 5.41) is 9.45. The van der Waals surface area contributed by atoms with E-state index in [0.717, 1.165) is 33.1 Å². The van der Waals surface area contributed by atoms with Gasteiger partial charge in [0, 0.05) is 19.3 Å². The molecule has 2 aromatic heterocycles. The molecule has 2 aromatic carbocycles. The predicted octanol–water partition coefficient (Wildman–Crippen LogP) is 4.96. The third kappa shape index (κ3) is 4.69. The zero-order chi connectivity index (χ0) is 20.9. The maximum absolute atomic E-state index is 12.6. The SMILES string of the molecule is CCn1c(CSc2nc3ccccc3s2)nnc1SCC(=O)N(C)c1ccccc1. The zero-order valence-electron chi connectivity index (χ0n) is 16.7. The molecule has 0 fully saturated rings. The quantitative estimate of drug-likeness (QED) is 0.350. The Morgan fingerprint density at radius 3 is 2.60 bits per heavy atom. The number of rotatable bonds is 8. The lowest BCUT2D eigenvalue weighted by atomic mass is 10.3. The molecule has 0 aliphatic heterocycles. The van der Waals surface area contributed by atoms with Gasteiger partial charge in [-0.15, -0.1) is 21.5 Å². The summed E-state index contributed by atoms with van der Waals surface area (Å²) in [6.07, 6.45) is 0. The van der Waals surface area contributed by atoms with E-state index in [9.17, 15) is 4.79 Å². The first-order valence-corrected chi connectivity index (χ1v) is 12.3. The zero-order valence-corrected chi connectivity index (χ0v) is 19.1. The van der Waals surface area contributed by atoms with Gasteiger partial charge in [0.05, 0.1) is 21.7 Å². The third-order valence-corrected chi connectivity index (χ3v) is 7.68. The van der Waals surface area contributed by atoms with Gasteiger partial charge in [-0.25, -0.2) is 4.98 Å². The first kappa shape index (κ1) is 20.9. The van der Waals surface area contributed by atoms with E-state index < -0.39 is 0 Å². The Hall–Kier alpha value is -2.36. The van der Waals surface area contributed by atoms with Crippen LogP contribution in [0.1, 0.15) is 12.7 Å². The number of carbonyl (C=O) groups is 1. The largest absolute Gasteiger partial charge is 0.315 e. The summed E-state index contributed by atoms with van der Waals surface area (Å²) in [7, 11) is 1.79. The first-order valence-electron chi connectivity index (χ1n) is 9.50. The molecule has 0 aliphatic carbocycles. The number of carbonyl (C=O) groups excluding carboxylic acids is 1. The van der Waals surface area contributed by atoms with Crippen LogP contribution in [-0.4, -0.2) is 38.5 Å². The van der Waals surface area contributed by atoms with E-state index in [-0.39, 0.29) is 5.91 Å². The third-order valence-electron chi connectivity index (χ3n) is 4.55. The number of fused-ring (bicyclic) bond motifs is 1. The molecule has 154 valence electrons.